The molecule has 0 spiro atoms. The van der Waals surface area contributed by atoms with Crippen LogP contribution in [0.5, 0.6) is 5.75 Å². The Labute approximate surface area is 191 Å². The molecule has 7 heteroatoms. The highest BCUT2D eigenvalue weighted by Gasteiger charge is 2.40. The average Bonchev–Trinajstić information content (AvgIpc) is 3.15. The summed E-state index contributed by atoms with van der Waals surface area (Å²) < 4.78 is 11.2. The number of aromatic hydroxyl groups is 1. The molecule has 0 amide bonds. The fraction of sp³-hybridized carbons (Fsp3) is 0.308. The van der Waals surface area contributed by atoms with Gasteiger partial charge < -0.3 is 14.4 Å². The van der Waals surface area contributed by atoms with E-state index in [0.29, 0.717) is 17.5 Å². The third-order valence-corrected chi connectivity index (χ3v) is 6.55. The lowest BCUT2D eigenvalue weighted by Crippen LogP contribution is -2.40. The van der Waals surface area contributed by atoms with Gasteiger partial charge in [-0.25, -0.2) is 4.79 Å². The van der Waals surface area contributed by atoms with Crippen LogP contribution in [0.1, 0.15) is 36.8 Å². The second-order valence-corrected chi connectivity index (χ2v) is 9.46. The van der Waals surface area contributed by atoms with Crippen LogP contribution in [0.2, 0.25) is 0 Å². The zero-order valence-electron chi connectivity index (χ0n) is 19.4. The fourth-order valence-corrected chi connectivity index (χ4v) is 4.97. The molecule has 0 aliphatic carbocycles. The van der Waals surface area contributed by atoms with Crippen molar-refractivity contribution >= 4 is 10.9 Å². The minimum atomic E-state index is -0.502. The van der Waals surface area contributed by atoms with Crippen LogP contribution in [-0.4, -0.2) is 25.4 Å². The van der Waals surface area contributed by atoms with Gasteiger partial charge in [-0.2, -0.15) is 0 Å². The molecular formula is C26H27N3O4. The van der Waals surface area contributed by atoms with Crippen molar-refractivity contribution in [1.29, 1.82) is 0 Å². The summed E-state index contributed by atoms with van der Waals surface area (Å²) in [7, 11) is 3.21. The van der Waals surface area contributed by atoms with Crippen molar-refractivity contribution in [2.24, 2.45) is 14.1 Å². The molecule has 0 bridgehead atoms. The van der Waals surface area contributed by atoms with Crippen molar-refractivity contribution in [1.82, 2.24) is 13.7 Å². The number of aromatic nitrogens is 3. The van der Waals surface area contributed by atoms with Crippen molar-refractivity contribution < 1.29 is 9.84 Å². The molecule has 4 aromatic rings. The molecule has 0 saturated carbocycles. The summed E-state index contributed by atoms with van der Waals surface area (Å²) >= 11 is 0. The summed E-state index contributed by atoms with van der Waals surface area (Å²) in [6.45, 7) is 6.58. The number of rotatable bonds is 2. The molecule has 1 atom stereocenters. The van der Waals surface area contributed by atoms with Gasteiger partial charge >= 0.3 is 5.69 Å². The highest BCUT2D eigenvalue weighted by Crippen LogP contribution is 2.45. The maximum atomic E-state index is 13.6. The molecule has 3 heterocycles. The smallest absolute Gasteiger partial charge is 0.331 e. The topological polar surface area (TPSA) is 78.4 Å². The predicted molar refractivity (Wildman–Crippen MR) is 128 cm³/mol. The third-order valence-electron chi connectivity index (χ3n) is 6.55. The summed E-state index contributed by atoms with van der Waals surface area (Å²) in [6.07, 6.45) is -0.502. The molecule has 7 nitrogen and oxygen atoms in total. The summed E-state index contributed by atoms with van der Waals surface area (Å²) in [5, 5.41) is 10.3. The molecule has 5 rings (SSSR count). The molecule has 2 aromatic carbocycles. The van der Waals surface area contributed by atoms with E-state index in [1.165, 1.54) is 7.05 Å². The normalized spacial score (nSPS) is 17.3. The van der Waals surface area contributed by atoms with Crippen LogP contribution in [-0.2, 0) is 24.4 Å². The Morgan fingerprint density at radius 1 is 1.03 bits per heavy atom. The van der Waals surface area contributed by atoms with E-state index in [2.05, 4.69) is 24.5 Å². The first-order valence-corrected chi connectivity index (χ1v) is 10.9. The number of aryl methyl sites for hydroxylation is 2. The number of hydrogen-bond acceptors (Lipinski definition) is 4. The van der Waals surface area contributed by atoms with Crippen LogP contribution in [0.4, 0.5) is 0 Å². The fourth-order valence-electron chi connectivity index (χ4n) is 4.97. The number of nitrogens with zero attached hydrogens (tertiary/aromatic N) is 3. The number of fused-ring (bicyclic) bond motifs is 3. The maximum Gasteiger partial charge on any atom is 0.331 e. The lowest BCUT2D eigenvalue weighted by molar-refractivity contribution is -0.00708. The Morgan fingerprint density at radius 2 is 1.73 bits per heavy atom. The first kappa shape index (κ1) is 21.3. The summed E-state index contributed by atoms with van der Waals surface area (Å²) in [5.74, 6) is 0.164. The van der Waals surface area contributed by atoms with Crippen LogP contribution in [0.3, 0.4) is 0 Å². The van der Waals surface area contributed by atoms with E-state index in [1.807, 2.05) is 37.3 Å². The van der Waals surface area contributed by atoms with Crippen LogP contribution in [0.15, 0.2) is 58.1 Å². The molecule has 1 N–H and O–H groups in total. The van der Waals surface area contributed by atoms with Crippen molar-refractivity contribution in [3.63, 3.8) is 0 Å². The molecule has 0 saturated heterocycles. The van der Waals surface area contributed by atoms with Gasteiger partial charge in [-0.05, 0) is 50.1 Å². The van der Waals surface area contributed by atoms with Gasteiger partial charge in [-0.3, -0.25) is 13.9 Å². The lowest BCUT2D eigenvalue weighted by atomic mass is 9.98. The van der Waals surface area contributed by atoms with Crippen LogP contribution < -0.4 is 11.2 Å². The van der Waals surface area contributed by atoms with E-state index >= 15 is 0 Å². The minimum absolute atomic E-state index is 0.164. The van der Waals surface area contributed by atoms with E-state index < -0.39 is 11.6 Å². The van der Waals surface area contributed by atoms with Crippen molar-refractivity contribution in [2.75, 3.05) is 6.61 Å². The molecule has 1 aliphatic rings. The first-order chi connectivity index (χ1) is 15.6. The van der Waals surface area contributed by atoms with E-state index in [0.717, 1.165) is 32.6 Å². The molecule has 0 unspecified atom stereocenters. The molecular weight excluding hydrogens is 418 g/mol. The first-order valence-electron chi connectivity index (χ1n) is 10.9. The van der Waals surface area contributed by atoms with Gasteiger partial charge in [0.1, 0.15) is 11.9 Å². The largest absolute Gasteiger partial charge is 0.508 e. The summed E-state index contributed by atoms with van der Waals surface area (Å²) in [4.78, 5) is 26.5. The van der Waals surface area contributed by atoms with Gasteiger partial charge in [0, 0.05) is 14.1 Å². The minimum Gasteiger partial charge on any atom is -0.508 e. The molecule has 2 aromatic heterocycles. The SMILES string of the molecule is Cc1cccc(-c2c3c(=O)n(C)c(=O)n(C)c3c3n2C(C)(C)CO[C@@H]3c2ccc(O)cc2)c1. The Hall–Kier alpha value is -3.58. The van der Waals surface area contributed by atoms with Gasteiger partial charge in [0.15, 0.2) is 0 Å². The quantitative estimate of drug-likeness (QED) is 0.512. The van der Waals surface area contributed by atoms with E-state index in [4.69, 9.17) is 4.74 Å². The highest BCUT2D eigenvalue weighted by atomic mass is 16.5. The Balaban J connectivity index is 2.01. The third kappa shape index (κ3) is 3.07. The summed E-state index contributed by atoms with van der Waals surface area (Å²) in [5.41, 5.74) is 3.79. The highest BCUT2D eigenvalue weighted by molar-refractivity contribution is 5.97. The second-order valence-electron chi connectivity index (χ2n) is 9.46. The van der Waals surface area contributed by atoms with Crippen molar-refractivity contribution in [2.45, 2.75) is 32.4 Å². The van der Waals surface area contributed by atoms with Crippen LogP contribution in [0.25, 0.3) is 22.2 Å². The molecule has 1 aliphatic heterocycles. The van der Waals surface area contributed by atoms with Crippen molar-refractivity contribution in [3.05, 3.63) is 86.2 Å². The van der Waals surface area contributed by atoms with Crippen LogP contribution in [0, 0.1) is 6.92 Å². The number of hydrogen-bond donors (Lipinski definition) is 1. The Bertz CT molecular complexity index is 1520. The van der Waals surface area contributed by atoms with Gasteiger partial charge in [0.05, 0.1) is 34.4 Å². The number of benzene rings is 2. The van der Waals surface area contributed by atoms with Crippen molar-refractivity contribution in [3.8, 4) is 17.0 Å². The lowest BCUT2D eigenvalue weighted by Gasteiger charge is -2.39. The van der Waals surface area contributed by atoms with Gasteiger partial charge in [-0.15, -0.1) is 0 Å². The van der Waals surface area contributed by atoms with Gasteiger partial charge in [0.25, 0.3) is 5.56 Å². The monoisotopic (exact) mass is 445 g/mol. The van der Waals surface area contributed by atoms with Crippen LogP contribution >= 0.6 is 0 Å². The Kier molecular flexibility index (Phi) is 4.65. The molecule has 170 valence electrons. The molecule has 33 heavy (non-hydrogen) atoms. The Morgan fingerprint density at radius 3 is 2.39 bits per heavy atom. The number of phenols is 1. The maximum absolute atomic E-state index is 13.6. The average molecular weight is 446 g/mol. The number of phenolic OH excluding ortho intramolecular Hbond substituents is 1. The predicted octanol–water partition coefficient (Wildman–Crippen LogP) is 3.57. The number of ether oxygens (including phenoxy) is 1. The second kappa shape index (κ2) is 7.22. The van der Waals surface area contributed by atoms with E-state index in [-0.39, 0.29) is 17.0 Å². The molecule has 0 fully saturated rings. The van der Waals surface area contributed by atoms with E-state index in [9.17, 15) is 14.7 Å². The van der Waals surface area contributed by atoms with Gasteiger partial charge in [0.2, 0.25) is 0 Å². The zero-order chi connectivity index (χ0) is 23.7. The van der Waals surface area contributed by atoms with Gasteiger partial charge in [-0.1, -0.05) is 35.9 Å². The standard InChI is InChI=1S/C26H27N3O4/c1-15-7-6-8-17(13-15)20-19-21(27(4)25(32)28(5)24(19)31)22-23(16-9-11-18(30)12-10-16)33-14-26(2,3)29(20)22/h6-13,23,30H,14H2,1-5H3/t23-/m1/s1. The molecule has 0 radical (unpaired) electrons. The zero-order valence-corrected chi connectivity index (χ0v) is 19.4. The summed E-state index contributed by atoms with van der Waals surface area (Å²) in [6, 6.07) is 14.9. The van der Waals surface area contributed by atoms with E-state index in [1.54, 1.807) is 23.7 Å².